The van der Waals surface area contributed by atoms with E-state index in [1.54, 1.807) is 12.3 Å². The van der Waals surface area contributed by atoms with E-state index in [1.165, 1.54) is 6.92 Å². The lowest BCUT2D eigenvalue weighted by molar-refractivity contribution is -0.120. The van der Waals surface area contributed by atoms with Crippen molar-refractivity contribution in [3.63, 3.8) is 0 Å². The summed E-state index contributed by atoms with van der Waals surface area (Å²) < 4.78 is 0. The predicted octanol–water partition coefficient (Wildman–Crippen LogP) is 2.74. The number of likely N-dealkylation sites (tertiary alicyclic amines) is 1. The maximum Gasteiger partial charge on any atom is 0.272 e. The quantitative estimate of drug-likeness (QED) is 0.921. The lowest BCUT2D eigenvalue weighted by atomic mass is 9.90. The number of nitrogens with zero attached hydrogens (tertiary/aromatic N) is 2. The Bertz CT molecular complexity index is 759. The first kappa shape index (κ1) is 18.1. The van der Waals surface area contributed by atoms with Crippen molar-refractivity contribution in [2.24, 2.45) is 0 Å². The van der Waals surface area contributed by atoms with E-state index in [0.29, 0.717) is 18.7 Å². The number of aryl methyl sites for hydroxylation is 1. The fourth-order valence-electron chi connectivity index (χ4n) is 3.59. The fraction of sp³-hybridized carbons (Fsp3) is 0.381. The molecule has 0 bridgehead atoms. The smallest absolute Gasteiger partial charge is 0.272 e. The monoisotopic (exact) mass is 351 g/mol. The average Bonchev–Trinajstić information content (AvgIpc) is 2.63. The Kier molecular flexibility index (Phi) is 5.66. The molecule has 5 nitrogen and oxygen atoms in total. The van der Waals surface area contributed by atoms with Crippen LogP contribution in [-0.2, 0) is 11.2 Å². The fourth-order valence-corrected chi connectivity index (χ4v) is 3.59. The van der Waals surface area contributed by atoms with Crippen LogP contribution < -0.4 is 5.32 Å². The van der Waals surface area contributed by atoms with E-state index in [9.17, 15) is 9.59 Å². The third-order valence-corrected chi connectivity index (χ3v) is 4.85. The maximum atomic E-state index is 13.1. The molecule has 1 fully saturated rings. The lowest BCUT2D eigenvalue weighted by Crippen LogP contribution is -2.57. The molecule has 0 aliphatic carbocycles. The predicted molar refractivity (Wildman–Crippen MR) is 101 cm³/mol. The molecule has 0 spiro atoms. The van der Waals surface area contributed by atoms with Gasteiger partial charge in [0.05, 0.1) is 6.04 Å². The Morgan fingerprint density at radius 1 is 1.19 bits per heavy atom. The van der Waals surface area contributed by atoms with Crippen LogP contribution in [0.3, 0.4) is 0 Å². The van der Waals surface area contributed by atoms with E-state index >= 15 is 0 Å². The average molecular weight is 351 g/mol. The van der Waals surface area contributed by atoms with Gasteiger partial charge < -0.3 is 10.2 Å². The molecule has 1 N–H and O–H groups in total. The lowest BCUT2D eigenvalue weighted by Gasteiger charge is -2.41. The summed E-state index contributed by atoms with van der Waals surface area (Å²) in [6.45, 7) is 4.16. The summed E-state index contributed by atoms with van der Waals surface area (Å²) in [6.07, 6.45) is 4.17. The number of rotatable bonds is 4. The van der Waals surface area contributed by atoms with Crippen molar-refractivity contribution in [2.75, 3.05) is 6.54 Å². The number of hydrogen-bond donors (Lipinski definition) is 1. The van der Waals surface area contributed by atoms with Crippen LogP contribution in [0.15, 0.2) is 48.7 Å². The Labute approximate surface area is 154 Å². The first-order valence-corrected chi connectivity index (χ1v) is 9.09. The number of piperidine rings is 1. The number of carbonyl (C=O) groups excluding carboxylic acids is 2. The summed E-state index contributed by atoms with van der Waals surface area (Å²) in [7, 11) is 0. The molecule has 1 aromatic heterocycles. The van der Waals surface area contributed by atoms with Gasteiger partial charge in [-0.05, 0) is 43.4 Å². The van der Waals surface area contributed by atoms with Crippen molar-refractivity contribution >= 4 is 11.8 Å². The summed E-state index contributed by atoms with van der Waals surface area (Å²) in [5, 5.41) is 3.04. The van der Waals surface area contributed by atoms with Crippen LogP contribution in [0.1, 0.15) is 41.4 Å². The third-order valence-electron chi connectivity index (χ3n) is 4.85. The number of hydrogen-bond acceptors (Lipinski definition) is 3. The topological polar surface area (TPSA) is 62.3 Å². The number of aromatic nitrogens is 1. The molecule has 2 aromatic rings. The second-order valence-corrected chi connectivity index (χ2v) is 6.93. The van der Waals surface area contributed by atoms with Crippen LogP contribution in [-0.4, -0.2) is 40.3 Å². The molecule has 1 aliphatic heterocycles. The van der Waals surface area contributed by atoms with Crippen LogP contribution in [0, 0.1) is 6.92 Å². The highest BCUT2D eigenvalue weighted by atomic mass is 16.2. The highest BCUT2D eigenvalue weighted by Gasteiger charge is 2.35. The number of carbonyl (C=O) groups is 2. The summed E-state index contributed by atoms with van der Waals surface area (Å²) in [5.74, 6) is -0.128. The Morgan fingerprint density at radius 3 is 2.62 bits per heavy atom. The van der Waals surface area contributed by atoms with Gasteiger partial charge in [0.2, 0.25) is 5.91 Å². The van der Waals surface area contributed by atoms with E-state index < -0.39 is 0 Å². The SMILES string of the molecule is CC(=O)N[C@H]1CCCN(C(=O)c2ccc(C)cn2)[C@H]1Cc1ccccc1. The third kappa shape index (κ3) is 4.28. The Morgan fingerprint density at radius 2 is 1.96 bits per heavy atom. The van der Waals surface area contributed by atoms with Gasteiger partial charge in [0.1, 0.15) is 5.69 Å². The number of amides is 2. The molecule has 26 heavy (non-hydrogen) atoms. The van der Waals surface area contributed by atoms with Gasteiger partial charge in [0.15, 0.2) is 0 Å². The molecule has 3 rings (SSSR count). The van der Waals surface area contributed by atoms with E-state index in [4.69, 9.17) is 0 Å². The van der Waals surface area contributed by atoms with E-state index in [1.807, 2.05) is 36.1 Å². The van der Waals surface area contributed by atoms with Gasteiger partial charge in [-0.25, -0.2) is 0 Å². The van der Waals surface area contributed by atoms with Crippen LogP contribution in [0.4, 0.5) is 0 Å². The zero-order valence-electron chi connectivity index (χ0n) is 15.3. The van der Waals surface area contributed by atoms with Crippen LogP contribution in [0.2, 0.25) is 0 Å². The highest BCUT2D eigenvalue weighted by molar-refractivity contribution is 5.92. The van der Waals surface area contributed by atoms with Gasteiger partial charge in [-0.3, -0.25) is 14.6 Å². The molecule has 1 aromatic carbocycles. The first-order valence-electron chi connectivity index (χ1n) is 9.09. The molecule has 0 radical (unpaired) electrons. The molecular formula is C21H25N3O2. The molecule has 1 saturated heterocycles. The van der Waals surface area contributed by atoms with Crippen molar-refractivity contribution < 1.29 is 9.59 Å². The second kappa shape index (κ2) is 8.13. The first-order chi connectivity index (χ1) is 12.5. The number of nitrogens with one attached hydrogen (secondary N) is 1. The molecule has 0 unspecified atom stereocenters. The Hall–Kier alpha value is -2.69. The van der Waals surface area contributed by atoms with Crippen molar-refractivity contribution in [1.29, 1.82) is 0 Å². The van der Waals surface area contributed by atoms with Gasteiger partial charge in [-0.2, -0.15) is 0 Å². The zero-order valence-corrected chi connectivity index (χ0v) is 15.3. The molecule has 2 heterocycles. The van der Waals surface area contributed by atoms with E-state index in [0.717, 1.165) is 24.0 Å². The van der Waals surface area contributed by atoms with Gasteiger partial charge in [0, 0.05) is 25.7 Å². The minimum absolute atomic E-state index is 0.0455. The van der Waals surface area contributed by atoms with Crippen LogP contribution in [0.25, 0.3) is 0 Å². The summed E-state index contributed by atoms with van der Waals surface area (Å²) in [6, 6.07) is 13.7. The van der Waals surface area contributed by atoms with E-state index in [-0.39, 0.29) is 23.9 Å². The molecule has 2 atom stereocenters. The van der Waals surface area contributed by atoms with Crippen molar-refractivity contribution in [3.8, 4) is 0 Å². The second-order valence-electron chi connectivity index (χ2n) is 6.93. The van der Waals surface area contributed by atoms with Gasteiger partial charge in [0.25, 0.3) is 5.91 Å². The van der Waals surface area contributed by atoms with Crippen LogP contribution in [0.5, 0.6) is 0 Å². The summed E-state index contributed by atoms with van der Waals surface area (Å²) >= 11 is 0. The normalized spacial score (nSPS) is 19.8. The van der Waals surface area contributed by atoms with Crippen molar-refractivity contribution in [3.05, 3.63) is 65.5 Å². The standard InChI is InChI=1S/C21H25N3O2/c1-15-10-11-19(22-14-15)21(26)24-12-6-9-18(23-16(2)25)20(24)13-17-7-4-3-5-8-17/h3-5,7-8,10-11,14,18,20H,6,9,12-13H2,1-2H3,(H,23,25)/t18-,20-/m0/s1. The number of pyridine rings is 1. The Balaban J connectivity index is 1.87. The highest BCUT2D eigenvalue weighted by Crippen LogP contribution is 2.23. The number of benzene rings is 1. The molecule has 5 heteroatoms. The van der Waals surface area contributed by atoms with E-state index in [2.05, 4.69) is 22.4 Å². The van der Waals surface area contributed by atoms with Crippen LogP contribution >= 0.6 is 0 Å². The van der Waals surface area contributed by atoms with Gasteiger partial charge in [-0.1, -0.05) is 36.4 Å². The van der Waals surface area contributed by atoms with Gasteiger partial charge in [-0.15, -0.1) is 0 Å². The maximum absolute atomic E-state index is 13.1. The molecular weight excluding hydrogens is 326 g/mol. The zero-order chi connectivity index (χ0) is 18.5. The molecule has 1 aliphatic rings. The van der Waals surface area contributed by atoms with Crippen molar-refractivity contribution in [1.82, 2.24) is 15.2 Å². The molecule has 136 valence electrons. The minimum atomic E-state index is -0.0781. The summed E-state index contributed by atoms with van der Waals surface area (Å²) in [5.41, 5.74) is 2.64. The largest absolute Gasteiger partial charge is 0.352 e. The molecule has 0 saturated carbocycles. The van der Waals surface area contributed by atoms with Crippen molar-refractivity contribution in [2.45, 2.75) is 45.2 Å². The summed E-state index contributed by atoms with van der Waals surface area (Å²) in [4.78, 5) is 30.9. The van der Waals surface area contributed by atoms with Gasteiger partial charge >= 0.3 is 0 Å². The molecule has 2 amide bonds. The minimum Gasteiger partial charge on any atom is -0.352 e.